The van der Waals surface area contributed by atoms with Gasteiger partial charge in [-0.1, -0.05) is 0 Å². The third kappa shape index (κ3) is 4.48. The lowest BCUT2D eigenvalue weighted by atomic mass is 10.0. The summed E-state index contributed by atoms with van der Waals surface area (Å²) in [5.41, 5.74) is 1.59. The topological polar surface area (TPSA) is 85.4 Å². The van der Waals surface area contributed by atoms with Crippen molar-refractivity contribution in [1.82, 2.24) is 4.98 Å². The van der Waals surface area contributed by atoms with E-state index in [2.05, 4.69) is 9.72 Å². The monoisotopic (exact) mass is 318 g/mol. The smallest absolute Gasteiger partial charge is 0.481 e. The van der Waals surface area contributed by atoms with Gasteiger partial charge in [-0.05, 0) is 5.56 Å². The summed E-state index contributed by atoms with van der Waals surface area (Å²) in [7, 11) is 0. The van der Waals surface area contributed by atoms with Gasteiger partial charge < -0.3 is 15.6 Å². The molecule has 11 heteroatoms. The number of halogens is 6. The number of carboxylic acid groups (broad SMARTS) is 1. The molecule has 0 bridgehead atoms. The van der Waals surface area contributed by atoms with Gasteiger partial charge >= 0.3 is 18.5 Å². The molecule has 118 valence electrons. The van der Waals surface area contributed by atoms with Crippen LogP contribution in [0.2, 0.25) is 0 Å². The van der Waals surface area contributed by atoms with Crippen LogP contribution >= 0.6 is 0 Å². The second-order valence-corrected chi connectivity index (χ2v) is 3.76. The summed E-state index contributed by atoms with van der Waals surface area (Å²) in [6.07, 6.45) is -11.1. The van der Waals surface area contributed by atoms with E-state index in [0.717, 1.165) is 0 Å². The van der Waals surface area contributed by atoms with Crippen LogP contribution in [0.5, 0.6) is 5.88 Å². The van der Waals surface area contributed by atoms with Gasteiger partial charge in [-0.15, -0.1) is 13.2 Å². The van der Waals surface area contributed by atoms with E-state index < -0.39 is 54.0 Å². The van der Waals surface area contributed by atoms with Gasteiger partial charge in [-0.25, -0.2) is 4.98 Å². The Balaban J connectivity index is 3.50. The first kappa shape index (κ1) is 17.0. The molecule has 0 aliphatic heterocycles. The fraction of sp³-hybridized carbons (Fsp3) is 0.400. The average molecular weight is 318 g/mol. The molecule has 0 aliphatic carbocycles. The third-order valence-corrected chi connectivity index (χ3v) is 2.26. The number of nitrogens with zero attached hydrogens (tertiary/aromatic N) is 1. The zero-order valence-electron chi connectivity index (χ0n) is 10.0. The Kier molecular flexibility index (Phi) is 4.66. The fourth-order valence-electron chi connectivity index (χ4n) is 1.62. The SMILES string of the molecule is NCc1c(OC(F)(F)F)ncc(CC(=O)O)c1C(F)(F)F. The summed E-state index contributed by atoms with van der Waals surface area (Å²) >= 11 is 0. The molecular formula is C10H8F6N2O3. The highest BCUT2D eigenvalue weighted by Crippen LogP contribution is 2.38. The molecule has 0 aromatic carbocycles. The van der Waals surface area contributed by atoms with Gasteiger partial charge in [0, 0.05) is 18.3 Å². The van der Waals surface area contributed by atoms with Crippen molar-refractivity contribution in [3.8, 4) is 5.88 Å². The van der Waals surface area contributed by atoms with E-state index in [1.54, 1.807) is 0 Å². The standard InChI is InChI=1S/C10H8F6N2O3/c11-9(12,13)7-4(1-6(19)20)3-18-8(5(7)2-17)21-10(14,15)16/h3H,1-2,17H2,(H,19,20). The zero-order valence-corrected chi connectivity index (χ0v) is 10.0. The van der Waals surface area contributed by atoms with Crippen LogP contribution in [-0.4, -0.2) is 22.4 Å². The fourth-order valence-corrected chi connectivity index (χ4v) is 1.62. The van der Waals surface area contributed by atoms with Crippen molar-refractivity contribution in [3.63, 3.8) is 0 Å². The lowest BCUT2D eigenvalue weighted by Crippen LogP contribution is -2.23. The molecule has 0 saturated heterocycles. The molecule has 5 nitrogen and oxygen atoms in total. The van der Waals surface area contributed by atoms with Crippen LogP contribution in [-0.2, 0) is 23.9 Å². The Morgan fingerprint density at radius 2 is 1.86 bits per heavy atom. The lowest BCUT2D eigenvalue weighted by Gasteiger charge is -2.19. The molecule has 0 saturated carbocycles. The number of nitrogens with two attached hydrogens (primary N) is 1. The Bertz CT molecular complexity index is 541. The molecule has 21 heavy (non-hydrogen) atoms. The van der Waals surface area contributed by atoms with Crippen LogP contribution in [0.25, 0.3) is 0 Å². The van der Waals surface area contributed by atoms with Gasteiger partial charge in [-0.3, -0.25) is 4.79 Å². The summed E-state index contributed by atoms with van der Waals surface area (Å²) in [6.45, 7) is -0.958. The van der Waals surface area contributed by atoms with E-state index in [0.29, 0.717) is 6.20 Å². The van der Waals surface area contributed by atoms with E-state index in [9.17, 15) is 31.1 Å². The van der Waals surface area contributed by atoms with Crippen molar-refractivity contribution >= 4 is 5.97 Å². The number of carboxylic acids is 1. The normalized spacial score (nSPS) is 12.3. The maximum absolute atomic E-state index is 12.9. The van der Waals surface area contributed by atoms with Crippen molar-refractivity contribution in [2.45, 2.75) is 25.5 Å². The highest BCUT2D eigenvalue weighted by molar-refractivity contribution is 5.71. The Morgan fingerprint density at radius 3 is 2.24 bits per heavy atom. The maximum Gasteiger partial charge on any atom is 0.574 e. The average Bonchev–Trinajstić information content (AvgIpc) is 2.26. The van der Waals surface area contributed by atoms with Gasteiger partial charge in [0.25, 0.3) is 0 Å². The van der Waals surface area contributed by atoms with Gasteiger partial charge in [0.2, 0.25) is 5.88 Å². The van der Waals surface area contributed by atoms with Gasteiger partial charge in [0.1, 0.15) is 0 Å². The molecule has 0 atom stereocenters. The van der Waals surface area contributed by atoms with E-state index in [1.807, 2.05) is 0 Å². The summed E-state index contributed by atoms with van der Waals surface area (Å²) in [5.74, 6) is -2.96. The number of ether oxygens (including phenoxy) is 1. The second kappa shape index (κ2) is 5.76. The lowest BCUT2D eigenvalue weighted by molar-refractivity contribution is -0.276. The number of carbonyl (C=O) groups is 1. The second-order valence-electron chi connectivity index (χ2n) is 3.76. The minimum atomic E-state index is -5.26. The molecule has 1 aromatic rings. The minimum Gasteiger partial charge on any atom is -0.481 e. The van der Waals surface area contributed by atoms with Crippen LogP contribution in [0.3, 0.4) is 0 Å². The van der Waals surface area contributed by atoms with Crippen LogP contribution < -0.4 is 10.5 Å². The Morgan fingerprint density at radius 1 is 1.29 bits per heavy atom. The number of hydrogen-bond donors (Lipinski definition) is 2. The van der Waals surface area contributed by atoms with Crippen LogP contribution in [0.4, 0.5) is 26.3 Å². The van der Waals surface area contributed by atoms with Gasteiger partial charge in [-0.2, -0.15) is 13.2 Å². The van der Waals surface area contributed by atoms with Crippen molar-refractivity contribution < 1.29 is 41.0 Å². The molecular weight excluding hydrogens is 310 g/mol. The number of aromatic nitrogens is 1. The predicted octanol–water partition coefficient (Wildman–Crippen LogP) is 2.08. The quantitative estimate of drug-likeness (QED) is 0.830. The third-order valence-electron chi connectivity index (χ3n) is 2.26. The Labute approximate surface area is 113 Å². The molecule has 0 fully saturated rings. The first-order valence-corrected chi connectivity index (χ1v) is 5.21. The predicted molar refractivity (Wildman–Crippen MR) is 55.2 cm³/mol. The number of alkyl halides is 6. The summed E-state index contributed by atoms with van der Waals surface area (Å²) in [4.78, 5) is 13.6. The molecule has 0 amide bonds. The van der Waals surface area contributed by atoms with Crippen molar-refractivity contribution in [3.05, 3.63) is 22.9 Å². The molecule has 1 rings (SSSR count). The van der Waals surface area contributed by atoms with Gasteiger partial charge in [0.15, 0.2) is 0 Å². The van der Waals surface area contributed by atoms with Crippen LogP contribution in [0, 0.1) is 0 Å². The molecule has 0 unspecified atom stereocenters. The van der Waals surface area contributed by atoms with Gasteiger partial charge in [0.05, 0.1) is 12.0 Å². The van der Waals surface area contributed by atoms with Crippen molar-refractivity contribution in [2.75, 3.05) is 0 Å². The molecule has 0 aliphatic rings. The summed E-state index contributed by atoms with van der Waals surface area (Å²) < 4.78 is 78.6. The highest BCUT2D eigenvalue weighted by Gasteiger charge is 2.40. The number of aliphatic carboxylic acids is 1. The molecule has 1 heterocycles. The van der Waals surface area contributed by atoms with Crippen LogP contribution in [0.1, 0.15) is 16.7 Å². The van der Waals surface area contributed by atoms with E-state index in [-0.39, 0.29) is 0 Å². The number of hydrogen-bond acceptors (Lipinski definition) is 4. The largest absolute Gasteiger partial charge is 0.574 e. The summed E-state index contributed by atoms with van der Waals surface area (Å²) in [6, 6.07) is 0. The van der Waals surface area contributed by atoms with E-state index in [4.69, 9.17) is 10.8 Å². The Hall–Kier alpha value is -2.04. The molecule has 0 spiro atoms. The molecule has 1 aromatic heterocycles. The summed E-state index contributed by atoms with van der Waals surface area (Å²) in [5, 5.41) is 8.54. The zero-order chi connectivity index (χ0) is 16.4. The molecule has 3 N–H and O–H groups in total. The minimum absolute atomic E-state index is 0.372. The van der Waals surface area contributed by atoms with E-state index in [1.165, 1.54) is 0 Å². The number of pyridine rings is 1. The number of rotatable bonds is 4. The van der Waals surface area contributed by atoms with Crippen molar-refractivity contribution in [2.24, 2.45) is 5.73 Å². The van der Waals surface area contributed by atoms with Crippen LogP contribution in [0.15, 0.2) is 6.20 Å². The van der Waals surface area contributed by atoms with Crippen molar-refractivity contribution in [1.29, 1.82) is 0 Å². The van der Waals surface area contributed by atoms with E-state index >= 15 is 0 Å². The first-order chi connectivity index (χ1) is 9.45. The molecule has 0 radical (unpaired) electrons. The maximum atomic E-state index is 12.9. The first-order valence-electron chi connectivity index (χ1n) is 5.21. The highest BCUT2D eigenvalue weighted by atomic mass is 19.4.